The number of aliphatic hydroxyl groups is 1. The Kier molecular flexibility index (Phi) is 3.34. The molecule has 0 radical (unpaired) electrons. The van der Waals surface area contributed by atoms with Gasteiger partial charge in [-0.1, -0.05) is 12.8 Å². The van der Waals surface area contributed by atoms with E-state index >= 15 is 0 Å². The van der Waals surface area contributed by atoms with Crippen LogP contribution in [0.3, 0.4) is 0 Å². The highest BCUT2D eigenvalue weighted by Crippen LogP contribution is 2.40. The summed E-state index contributed by atoms with van der Waals surface area (Å²) in [6.07, 6.45) is 2.90. The SMILES string of the molecule is COc1ccc(C(O)CC2CC2)c(OC)c1. The Balaban J connectivity index is 2.17. The number of hydrogen-bond donors (Lipinski definition) is 1. The first-order chi connectivity index (χ1) is 7.74. The van der Waals surface area contributed by atoms with Gasteiger partial charge in [0, 0.05) is 11.6 Å². The van der Waals surface area contributed by atoms with E-state index in [1.807, 2.05) is 18.2 Å². The molecule has 0 bridgehead atoms. The van der Waals surface area contributed by atoms with Gasteiger partial charge in [-0.3, -0.25) is 0 Å². The molecule has 1 atom stereocenters. The Bertz CT molecular complexity index is 358. The molecule has 16 heavy (non-hydrogen) atoms. The number of rotatable bonds is 5. The second kappa shape index (κ2) is 4.74. The first-order valence-electron chi connectivity index (χ1n) is 5.64. The standard InChI is InChI=1S/C13H18O3/c1-15-10-5-6-11(13(8-10)16-2)12(14)7-9-3-4-9/h5-6,8-9,12,14H,3-4,7H2,1-2H3. The van der Waals surface area contributed by atoms with E-state index in [2.05, 4.69) is 0 Å². The van der Waals surface area contributed by atoms with E-state index in [1.165, 1.54) is 12.8 Å². The lowest BCUT2D eigenvalue weighted by molar-refractivity contribution is 0.156. The van der Waals surface area contributed by atoms with E-state index in [-0.39, 0.29) is 0 Å². The van der Waals surface area contributed by atoms with Crippen LogP contribution in [0.4, 0.5) is 0 Å². The smallest absolute Gasteiger partial charge is 0.128 e. The van der Waals surface area contributed by atoms with Crippen molar-refractivity contribution in [3.8, 4) is 11.5 Å². The van der Waals surface area contributed by atoms with E-state index in [4.69, 9.17) is 9.47 Å². The Morgan fingerprint density at radius 3 is 2.62 bits per heavy atom. The van der Waals surface area contributed by atoms with Gasteiger partial charge in [0.15, 0.2) is 0 Å². The van der Waals surface area contributed by atoms with Crippen LogP contribution in [0.2, 0.25) is 0 Å². The molecule has 0 aromatic heterocycles. The van der Waals surface area contributed by atoms with E-state index in [1.54, 1.807) is 14.2 Å². The first kappa shape index (κ1) is 11.3. The number of methoxy groups -OCH3 is 2. The molecule has 3 nitrogen and oxygen atoms in total. The van der Waals surface area contributed by atoms with Gasteiger partial charge in [-0.25, -0.2) is 0 Å². The number of benzene rings is 1. The summed E-state index contributed by atoms with van der Waals surface area (Å²) in [5, 5.41) is 10.1. The predicted molar refractivity (Wildman–Crippen MR) is 61.8 cm³/mol. The van der Waals surface area contributed by atoms with Gasteiger partial charge >= 0.3 is 0 Å². The lowest BCUT2D eigenvalue weighted by Gasteiger charge is -2.15. The Morgan fingerprint density at radius 2 is 2.06 bits per heavy atom. The maximum atomic E-state index is 10.1. The summed E-state index contributed by atoms with van der Waals surface area (Å²) in [6, 6.07) is 5.55. The average Bonchev–Trinajstić information content (AvgIpc) is 3.11. The molecule has 0 spiro atoms. The van der Waals surface area contributed by atoms with Crippen molar-refractivity contribution in [3.63, 3.8) is 0 Å². The lowest BCUT2D eigenvalue weighted by atomic mass is 10.0. The zero-order chi connectivity index (χ0) is 11.5. The first-order valence-corrected chi connectivity index (χ1v) is 5.64. The van der Waals surface area contributed by atoms with Crippen LogP contribution in [0.25, 0.3) is 0 Å². The molecule has 0 saturated heterocycles. The van der Waals surface area contributed by atoms with Gasteiger partial charge in [-0.15, -0.1) is 0 Å². The van der Waals surface area contributed by atoms with Crippen molar-refractivity contribution in [2.24, 2.45) is 5.92 Å². The molecular formula is C13H18O3. The van der Waals surface area contributed by atoms with Gasteiger partial charge in [0.1, 0.15) is 11.5 Å². The summed E-state index contributed by atoms with van der Waals surface area (Å²) >= 11 is 0. The van der Waals surface area contributed by atoms with Crippen molar-refractivity contribution < 1.29 is 14.6 Å². The molecule has 1 aromatic rings. The molecular weight excluding hydrogens is 204 g/mol. The maximum Gasteiger partial charge on any atom is 0.128 e. The van der Waals surface area contributed by atoms with Crippen LogP contribution in [0.1, 0.15) is 30.9 Å². The van der Waals surface area contributed by atoms with E-state index in [0.29, 0.717) is 11.7 Å². The van der Waals surface area contributed by atoms with Crippen LogP contribution in [0, 0.1) is 5.92 Å². The molecule has 2 rings (SSSR count). The predicted octanol–water partition coefficient (Wildman–Crippen LogP) is 2.54. The summed E-state index contributed by atoms with van der Waals surface area (Å²) in [6.45, 7) is 0. The fourth-order valence-electron chi connectivity index (χ4n) is 1.89. The van der Waals surface area contributed by atoms with Crippen LogP contribution in [-0.4, -0.2) is 19.3 Å². The molecule has 1 unspecified atom stereocenters. The molecule has 3 heteroatoms. The fourth-order valence-corrected chi connectivity index (χ4v) is 1.89. The summed E-state index contributed by atoms with van der Waals surface area (Å²) < 4.78 is 10.4. The molecule has 0 aliphatic heterocycles. The van der Waals surface area contributed by atoms with Crippen molar-refractivity contribution in [2.75, 3.05) is 14.2 Å². The van der Waals surface area contributed by atoms with Gasteiger partial charge in [0.2, 0.25) is 0 Å². The van der Waals surface area contributed by atoms with Crippen LogP contribution >= 0.6 is 0 Å². The Morgan fingerprint density at radius 1 is 1.31 bits per heavy atom. The van der Waals surface area contributed by atoms with Crippen LogP contribution in [0.5, 0.6) is 11.5 Å². The molecule has 1 saturated carbocycles. The average molecular weight is 222 g/mol. The van der Waals surface area contributed by atoms with Crippen molar-refractivity contribution in [2.45, 2.75) is 25.4 Å². The van der Waals surface area contributed by atoms with Gasteiger partial charge in [0.05, 0.1) is 20.3 Å². The van der Waals surface area contributed by atoms with Crippen LogP contribution in [0.15, 0.2) is 18.2 Å². The lowest BCUT2D eigenvalue weighted by Crippen LogP contribution is -2.02. The minimum Gasteiger partial charge on any atom is -0.497 e. The molecule has 1 fully saturated rings. The molecule has 1 aromatic carbocycles. The highest BCUT2D eigenvalue weighted by molar-refractivity contribution is 5.42. The normalized spacial score (nSPS) is 16.9. The molecule has 1 aliphatic rings. The van der Waals surface area contributed by atoms with Crippen molar-refractivity contribution in [1.29, 1.82) is 0 Å². The van der Waals surface area contributed by atoms with Gasteiger partial charge in [0.25, 0.3) is 0 Å². The summed E-state index contributed by atoms with van der Waals surface area (Å²) in [5.74, 6) is 2.15. The number of ether oxygens (including phenoxy) is 2. The summed E-state index contributed by atoms with van der Waals surface area (Å²) in [4.78, 5) is 0. The molecule has 1 aliphatic carbocycles. The third-order valence-electron chi connectivity index (χ3n) is 3.05. The largest absolute Gasteiger partial charge is 0.497 e. The highest BCUT2D eigenvalue weighted by Gasteiger charge is 2.26. The third-order valence-corrected chi connectivity index (χ3v) is 3.05. The topological polar surface area (TPSA) is 38.7 Å². The van der Waals surface area contributed by atoms with Crippen LogP contribution < -0.4 is 9.47 Å². The van der Waals surface area contributed by atoms with Gasteiger partial charge < -0.3 is 14.6 Å². The fraction of sp³-hybridized carbons (Fsp3) is 0.538. The number of aliphatic hydroxyl groups excluding tert-OH is 1. The van der Waals surface area contributed by atoms with E-state index in [9.17, 15) is 5.11 Å². The highest BCUT2D eigenvalue weighted by atomic mass is 16.5. The molecule has 0 heterocycles. The minimum absolute atomic E-state index is 0.423. The summed E-state index contributed by atoms with van der Waals surface area (Å²) in [5.41, 5.74) is 0.857. The van der Waals surface area contributed by atoms with Crippen molar-refractivity contribution in [3.05, 3.63) is 23.8 Å². The van der Waals surface area contributed by atoms with E-state index in [0.717, 1.165) is 17.7 Å². The van der Waals surface area contributed by atoms with Crippen LogP contribution in [-0.2, 0) is 0 Å². The van der Waals surface area contributed by atoms with Gasteiger partial charge in [-0.05, 0) is 24.5 Å². The Hall–Kier alpha value is -1.22. The molecule has 88 valence electrons. The minimum atomic E-state index is -0.423. The van der Waals surface area contributed by atoms with E-state index < -0.39 is 6.10 Å². The third kappa shape index (κ3) is 2.47. The maximum absolute atomic E-state index is 10.1. The Labute approximate surface area is 96.0 Å². The second-order valence-corrected chi connectivity index (χ2v) is 4.30. The van der Waals surface area contributed by atoms with Gasteiger partial charge in [-0.2, -0.15) is 0 Å². The summed E-state index contributed by atoms with van der Waals surface area (Å²) in [7, 11) is 3.23. The van der Waals surface area contributed by atoms with Crippen molar-refractivity contribution in [1.82, 2.24) is 0 Å². The zero-order valence-electron chi connectivity index (χ0n) is 9.77. The number of hydrogen-bond acceptors (Lipinski definition) is 3. The molecule has 1 N–H and O–H groups in total. The quantitative estimate of drug-likeness (QED) is 0.832. The monoisotopic (exact) mass is 222 g/mol. The zero-order valence-corrected chi connectivity index (χ0v) is 9.77. The van der Waals surface area contributed by atoms with Crippen molar-refractivity contribution >= 4 is 0 Å². The second-order valence-electron chi connectivity index (χ2n) is 4.30. The molecule has 0 amide bonds.